The molecule has 0 aliphatic carbocycles. The van der Waals surface area contributed by atoms with Crippen molar-refractivity contribution < 1.29 is 58.0 Å². The molecule has 1 N–H and O–H groups in total. The van der Waals surface area contributed by atoms with Crippen molar-refractivity contribution >= 4 is 22.1 Å². The van der Waals surface area contributed by atoms with Crippen LogP contribution >= 0.6 is 0 Å². The minimum absolute atomic E-state index is 0.0103. The van der Waals surface area contributed by atoms with Crippen LogP contribution in [-0.2, 0) is 58.6 Å². The molecule has 0 bridgehead atoms. The van der Waals surface area contributed by atoms with Gasteiger partial charge in [0.2, 0.25) is 5.56 Å². The lowest BCUT2D eigenvalue weighted by molar-refractivity contribution is -0.152. The number of hydrogen-bond donors (Lipinski definition) is 1. The van der Waals surface area contributed by atoms with E-state index in [1.165, 1.54) is 6.20 Å². The number of carbonyl (C=O) groups excluding carboxylic acids is 2. The van der Waals surface area contributed by atoms with Gasteiger partial charge in [0.05, 0.1) is 30.6 Å². The van der Waals surface area contributed by atoms with Crippen LogP contribution in [0.4, 0.5) is 26.3 Å². The number of pyridine rings is 2. The van der Waals surface area contributed by atoms with Crippen molar-refractivity contribution in [3.8, 4) is 0 Å². The normalized spacial score (nSPS) is 13.1. The average molecular weight is 849 g/mol. The van der Waals surface area contributed by atoms with Crippen LogP contribution in [0.3, 0.4) is 0 Å². The number of carbonyl (C=O) groups is 2. The second-order valence-electron chi connectivity index (χ2n) is 14.4. The Labute approximate surface area is 330 Å². The number of H-pyrrole nitrogens is 1. The maximum Gasteiger partial charge on any atom is 0.416 e. The van der Waals surface area contributed by atoms with Crippen molar-refractivity contribution in [2.24, 2.45) is 11.8 Å². The van der Waals surface area contributed by atoms with Gasteiger partial charge >= 0.3 is 24.3 Å². The Morgan fingerprint density at radius 1 is 0.772 bits per heavy atom. The summed E-state index contributed by atoms with van der Waals surface area (Å²) in [7, 11) is 3.43. The SMILES string of the molecule is CCOC(=O)C(CC(C)C)OS(C)(=O)=O.CCOC(=O)C(CC(C)C)n1cc(CCN(C)C)c(C(F)(F)F)cc1=O.CN(C)CCc1c[nH]c(=O)cc1C(F)(F)F. The Balaban J connectivity index is 0.000000875. The van der Waals surface area contributed by atoms with Gasteiger partial charge in [0.15, 0.2) is 6.10 Å². The summed E-state index contributed by atoms with van der Waals surface area (Å²) in [5.74, 6) is -1.02. The van der Waals surface area contributed by atoms with Crippen LogP contribution in [0.5, 0.6) is 0 Å². The highest BCUT2D eigenvalue weighted by Gasteiger charge is 2.36. The van der Waals surface area contributed by atoms with E-state index in [2.05, 4.69) is 9.17 Å². The zero-order valence-electron chi connectivity index (χ0n) is 34.5. The van der Waals surface area contributed by atoms with Crippen LogP contribution < -0.4 is 11.1 Å². The van der Waals surface area contributed by atoms with E-state index >= 15 is 0 Å². The summed E-state index contributed by atoms with van der Waals surface area (Å²) < 4.78 is 115. The lowest BCUT2D eigenvalue weighted by atomic mass is 10.0. The molecule has 328 valence electrons. The molecule has 20 heteroatoms. The Kier molecular flexibility index (Phi) is 22.6. The molecule has 0 saturated carbocycles. The number of aromatic nitrogens is 2. The molecule has 2 heterocycles. The minimum Gasteiger partial charge on any atom is -0.464 e. The van der Waals surface area contributed by atoms with Crippen LogP contribution in [0, 0.1) is 11.8 Å². The van der Waals surface area contributed by atoms with Gasteiger partial charge < -0.3 is 28.8 Å². The fourth-order valence-electron chi connectivity index (χ4n) is 5.02. The quantitative estimate of drug-likeness (QED) is 0.121. The molecule has 2 aromatic rings. The first-order valence-electron chi connectivity index (χ1n) is 18.2. The lowest BCUT2D eigenvalue weighted by Gasteiger charge is -2.23. The largest absolute Gasteiger partial charge is 0.464 e. The van der Waals surface area contributed by atoms with E-state index in [1.54, 1.807) is 51.8 Å². The lowest BCUT2D eigenvalue weighted by Crippen LogP contribution is -2.33. The summed E-state index contributed by atoms with van der Waals surface area (Å²) in [6, 6.07) is 0.241. The van der Waals surface area contributed by atoms with E-state index in [0.717, 1.165) is 17.0 Å². The van der Waals surface area contributed by atoms with Gasteiger partial charge in [-0.05, 0) is 90.7 Å². The molecular formula is C37H58F6N4O9S. The van der Waals surface area contributed by atoms with Gasteiger partial charge in [-0.2, -0.15) is 34.8 Å². The Morgan fingerprint density at radius 3 is 1.65 bits per heavy atom. The Bertz CT molecular complexity index is 1770. The highest BCUT2D eigenvalue weighted by Crippen LogP contribution is 2.33. The molecule has 2 rings (SSSR count). The minimum atomic E-state index is -4.63. The number of ether oxygens (including phenoxy) is 2. The van der Waals surface area contributed by atoms with Crippen molar-refractivity contribution in [1.29, 1.82) is 0 Å². The summed E-state index contributed by atoms with van der Waals surface area (Å²) in [5, 5.41) is 0. The van der Waals surface area contributed by atoms with Crippen LogP contribution in [0.1, 0.15) is 82.7 Å². The maximum absolute atomic E-state index is 13.3. The molecule has 0 aromatic carbocycles. The van der Waals surface area contributed by atoms with Crippen molar-refractivity contribution in [3.05, 3.63) is 67.5 Å². The molecule has 0 saturated heterocycles. The van der Waals surface area contributed by atoms with Crippen molar-refractivity contribution in [2.45, 2.75) is 91.7 Å². The average Bonchev–Trinajstić information content (AvgIpc) is 3.04. The van der Waals surface area contributed by atoms with E-state index in [4.69, 9.17) is 9.47 Å². The summed E-state index contributed by atoms with van der Waals surface area (Å²) in [6.45, 7) is 12.0. The second-order valence-corrected chi connectivity index (χ2v) is 16.0. The van der Waals surface area contributed by atoms with E-state index in [0.29, 0.717) is 38.1 Å². The van der Waals surface area contributed by atoms with Gasteiger partial charge in [-0.1, -0.05) is 27.7 Å². The second kappa shape index (κ2) is 24.2. The van der Waals surface area contributed by atoms with Crippen LogP contribution in [-0.4, -0.2) is 107 Å². The summed E-state index contributed by atoms with van der Waals surface area (Å²) in [4.78, 5) is 52.6. The van der Waals surface area contributed by atoms with Gasteiger partial charge in [0, 0.05) is 37.6 Å². The third-order valence-corrected chi connectivity index (χ3v) is 8.14. The number of likely N-dealkylation sites (N-methyl/N-ethyl adjacent to an activating group) is 2. The van der Waals surface area contributed by atoms with E-state index < -0.39 is 68.8 Å². The van der Waals surface area contributed by atoms with Crippen LogP contribution in [0.2, 0.25) is 0 Å². The number of rotatable bonds is 17. The molecular weight excluding hydrogens is 790 g/mol. The molecule has 0 spiro atoms. The zero-order valence-corrected chi connectivity index (χ0v) is 35.3. The first kappa shape index (κ1) is 53.2. The standard InChI is InChI=1S/C18H27F3N2O3.C10H13F3N2O.C9H18O5S/c1-6-26-17(25)15(9-12(2)3)23-11-13(7-8-22(4)5)14(10-16(23)24)18(19,20)21;1-15(2)4-3-7-6-14-9(16)5-8(7)10(11,12)13;1-5-13-9(10)8(6-7(2)3)14-15(4,11)12/h10-12,15H,6-9H2,1-5H3;5-6H,3-4H2,1-2H3,(H,14,16);7-8H,5-6H2,1-4H3. The third kappa shape index (κ3) is 21.5. The molecule has 0 fully saturated rings. The molecule has 2 aromatic heterocycles. The van der Waals surface area contributed by atoms with E-state index in [1.807, 2.05) is 27.7 Å². The predicted molar refractivity (Wildman–Crippen MR) is 203 cm³/mol. The third-order valence-electron chi connectivity index (χ3n) is 7.56. The molecule has 0 radical (unpaired) electrons. The fraction of sp³-hybridized carbons (Fsp3) is 0.676. The molecule has 0 amide bonds. The Morgan fingerprint density at radius 2 is 1.23 bits per heavy atom. The number of aromatic amines is 1. The van der Waals surface area contributed by atoms with Crippen molar-refractivity contribution in [1.82, 2.24) is 19.4 Å². The molecule has 0 aliphatic rings. The monoisotopic (exact) mass is 848 g/mol. The van der Waals surface area contributed by atoms with Crippen molar-refractivity contribution in [3.63, 3.8) is 0 Å². The number of hydrogen-bond acceptors (Lipinski definition) is 11. The topological polar surface area (TPSA) is 157 Å². The van der Waals surface area contributed by atoms with Crippen LogP contribution in [0.25, 0.3) is 0 Å². The summed E-state index contributed by atoms with van der Waals surface area (Å²) in [6.07, 6.45) is -5.93. The van der Waals surface area contributed by atoms with Gasteiger partial charge in [-0.15, -0.1) is 0 Å². The van der Waals surface area contributed by atoms with Crippen molar-refractivity contribution in [2.75, 3.05) is 60.7 Å². The van der Waals surface area contributed by atoms with E-state index in [9.17, 15) is 53.9 Å². The molecule has 0 aliphatic heterocycles. The maximum atomic E-state index is 13.3. The van der Waals surface area contributed by atoms with Gasteiger partial charge in [0.1, 0.15) is 6.04 Å². The first-order valence-corrected chi connectivity index (χ1v) is 20.0. The summed E-state index contributed by atoms with van der Waals surface area (Å²) >= 11 is 0. The number of alkyl halides is 6. The van der Waals surface area contributed by atoms with Gasteiger partial charge in [0.25, 0.3) is 15.7 Å². The smallest absolute Gasteiger partial charge is 0.416 e. The highest BCUT2D eigenvalue weighted by molar-refractivity contribution is 7.86. The Hall–Kier alpha value is -3.75. The zero-order chi connectivity index (χ0) is 44.5. The number of halogens is 6. The first-order chi connectivity index (χ1) is 26.0. The molecule has 13 nitrogen and oxygen atoms in total. The van der Waals surface area contributed by atoms with Gasteiger partial charge in [-0.3, -0.25) is 13.8 Å². The molecule has 2 atom stereocenters. The fourth-order valence-corrected chi connectivity index (χ4v) is 5.60. The summed E-state index contributed by atoms with van der Waals surface area (Å²) in [5.41, 5.74) is -3.29. The number of esters is 2. The van der Waals surface area contributed by atoms with Crippen LogP contribution in [0.15, 0.2) is 34.1 Å². The number of nitrogens with one attached hydrogen (secondary N) is 1. The highest BCUT2D eigenvalue weighted by atomic mass is 32.2. The van der Waals surface area contributed by atoms with E-state index in [-0.39, 0.29) is 49.0 Å². The number of nitrogens with zero attached hydrogens (tertiary/aromatic N) is 3. The van der Waals surface area contributed by atoms with Gasteiger partial charge in [-0.25, -0.2) is 9.59 Å². The molecule has 57 heavy (non-hydrogen) atoms. The molecule has 2 unspecified atom stereocenters. The predicted octanol–water partition coefficient (Wildman–Crippen LogP) is 5.56.